The van der Waals surface area contributed by atoms with Gasteiger partial charge in [0, 0.05) is 50.4 Å². The average Bonchev–Trinajstić information content (AvgIpc) is 3.04. The molecular formula is C16H26N4O2. The summed E-state index contributed by atoms with van der Waals surface area (Å²) in [6.07, 6.45) is 7.56. The molecular weight excluding hydrogens is 280 g/mol. The fourth-order valence-corrected chi connectivity index (χ4v) is 3.77. The number of aryl methyl sites for hydroxylation is 1. The summed E-state index contributed by atoms with van der Waals surface area (Å²) in [5.74, 6) is 0.212. The summed E-state index contributed by atoms with van der Waals surface area (Å²) in [6.45, 7) is 4.00. The van der Waals surface area contributed by atoms with E-state index in [4.69, 9.17) is 0 Å². The highest BCUT2D eigenvalue weighted by Crippen LogP contribution is 2.36. The highest BCUT2D eigenvalue weighted by atomic mass is 16.3. The van der Waals surface area contributed by atoms with Crippen LogP contribution in [0.3, 0.4) is 0 Å². The van der Waals surface area contributed by atoms with Crippen molar-refractivity contribution in [2.24, 2.45) is 5.41 Å². The van der Waals surface area contributed by atoms with Crippen LogP contribution in [0.5, 0.6) is 0 Å². The summed E-state index contributed by atoms with van der Waals surface area (Å²) in [4.78, 5) is 14.4. The van der Waals surface area contributed by atoms with Crippen molar-refractivity contribution in [1.29, 1.82) is 0 Å². The second kappa shape index (κ2) is 6.79. The van der Waals surface area contributed by atoms with Gasteiger partial charge in [0.1, 0.15) is 0 Å². The molecule has 0 aromatic carbocycles. The maximum Gasteiger partial charge on any atom is 0.222 e. The molecule has 1 aromatic rings. The zero-order valence-electron chi connectivity index (χ0n) is 13.1. The fourth-order valence-electron chi connectivity index (χ4n) is 3.77. The van der Waals surface area contributed by atoms with Crippen LogP contribution >= 0.6 is 0 Å². The fraction of sp³-hybridized carbons (Fsp3) is 0.750. The standard InChI is InChI=1S/C16H26N4O2/c21-14-5-8-17-12-16(14)6-2-9-19(13-16)15(22)4-1-10-20-11-3-7-18-20/h3,7,11,14,17,21H,1-2,4-6,8-10,12-13H2/t14-,16-/m0/s1. The highest BCUT2D eigenvalue weighted by Gasteiger charge is 2.43. The van der Waals surface area contributed by atoms with Gasteiger partial charge in [-0.1, -0.05) is 0 Å². The number of piperidine rings is 2. The predicted octanol–water partition coefficient (Wildman–Crippen LogP) is 0.626. The molecule has 6 nitrogen and oxygen atoms in total. The number of likely N-dealkylation sites (tertiary alicyclic amines) is 1. The molecule has 3 heterocycles. The number of carbonyl (C=O) groups excluding carboxylic acids is 1. The minimum Gasteiger partial charge on any atom is -0.392 e. The summed E-state index contributed by atoms with van der Waals surface area (Å²) in [5.41, 5.74) is -0.131. The largest absolute Gasteiger partial charge is 0.392 e. The normalized spacial score (nSPS) is 29.0. The van der Waals surface area contributed by atoms with E-state index in [9.17, 15) is 9.90 Å². The van der Waals surface area contributed by atoms with Crippen LogP contribution in [0.1, 0.15) is 32.1 Å². The average molecular weight is 306 g/mol. The van der Waals surface area contributed by atoms with E-state index >= 15 is 0 Å². The number of hydrogen-bond acceptors (Lipinski definition) is 4. The zero-order valence-corrected chi connectivity index (χ0v) is 13.1. The summed E-state index contributed by atoms with van der Waals surface area (Å²) >= 11 is 0. The Morgan fingerprint density at radius 3 is 3.18 bits per heavy atom. The van der Waals surface area contributed by atoms with Gasteiger partial charge in [-0.05, 0) is 38.3 Å². The van der Waals surface area contributed by atoms with Crippen LogP contribution in [-0.4, -0.2) is 58.0 Å². The number of nitrogens with one attached hydrogen (secondary N) is 1. The molecule has 1 aromatic heterocycles. The molecule has 2 fully saturated rings. The second-order valence-electron chi connectivity index (χ2n) is 6.64. The van der Waals surface area contributed by atoms with Crippen LogP contribution < -0.4 is 5.32 Å². The van der Waals surface area contributed by atoms with E-state index in [1.165, 1.54) is 0 Å². The number of rotatable bonds is 4. The van der Waals surface area contributed by atoms with Crippen LogP contribution in [0.4, 0.5) is 0 Å². The molecule has 1 amide bonds. The van der Waals surface area contributed by atoms with Crippen molar-refractivity contribution in [3.8, 4) is 0 Å². The molecule has 2 atom stereocenters. The molecule has 2 saturated heterocycles. The topological polar surface area (TPSA) is 70.4 Å². The monoisotopic (exact) mass is 306 g/mol. The van der Waals surface area contributed by atoms with Gasteiger partial charge in [-0.15, -0.1) is 0 Å². The van der Waals surface area contributed by atoms with Crippen LogP contribution in [0.15, 0.2) is 18.5 Å². The summed E-state index contributed by atoms with van der Waals surface area (Å²) in [6, 6.07) is 1.90. The van der Waals surface area contributed by atoms with E-state index in [0.29, 0.717) is 13.0 Å². The maximum absolute atomic E-state index is 12.5. The molecule has 0 unspecified atom stereocenters. The van der Waals surface area contributed by atoms with Crippen LogP contribution in [0, 0.1) is 5.41 Å². The van der Waals surface area contributed by atoms with E-state index in [1.807, 2.05) is 21.8 Å². The summed E-state index contributed by atoms with van der Waals surface area (Å²) < 4.78 is 1.86. The lowest BCUT2D eigenvalue weighted by Gasteiger charge is -2.48. The van der Waals surface area contributed by atoms with Crippen LogP contribution in [0.2, 0.25) is 0 Å². The van der Waals surface area contributed by atoms with Crippen LogP contribution in [-0.2, 0) is 11.3 Å². The molecule has 0 saturated carbocycles. The quantitative estimate of drug-likeness (QED) is 0.856. The van der Waals surface area contributed by atoms with Crippen LogP contribution in [0.25, 0.3) is 0 Å². The Bertz CT molecular complexity index is 486. The number of hydrogen-bond donors (Lipinski definition) is 2. The third-order valence-corrected chi connectivity index (χ3v) is 5.08. The lowest BCUT2D eigenvalue weighted by molar-refractivity contribution is -0.138. The molecule has 2 aliphatic heterocycles. The highest BCUT2D eigenvalue weighted by molar-refractivity contribution is 5.76. The summed E-state index contributed by atoms with van der Waals surface area (Å²) in [7, 11) is 0. The lowest BCUT2D eigenvalue weighted by Crippen LogP contribution is -2.58. The number of aromatic nitrogens is 2. The number of carbonyl (C=O) groups is 1. The van der Waals surface area contributed by atoms with E-state index in [2.05, 4.69) is 10.4 Å². The van der Waals surface area contributed by atoms with E-state index in [1.54, 1.807) is 6.20 Å². The van der Waals surface area contributed by atoms with Gasteiger partial charge in [0.2, 0.25) is 5.91 Å². The molecule has 2 N–H and O–H groups in total. The predicted molar refractivity (Wildman–Crippen MR) is 83.2 cm³/mol. The Hall–Kier alpha value is -1.40. The third-order valence-electron chi connectivity index (χ3n) is 5.08. The van der Waals surface area contributed by atoms with Gasteiger partial charge < -0.3 is 15.3 Å². The first-order valence-electron chi connectivity index (χ1n) is 8.34. The maximum atomic E-state index is 12.5. The number of nitrogens with zero attached hydrogens (tertiary/aromatic N) is 3. The minimum atomic E-state index is -0.284. The first-order valence-corrected chi connectivity index (χ1v) is 8.34. The molecule has 0 aliphatic carbocycles. The number of aliphatic hydroxyl groups is 1. The van der Waals surface area contributed by atoms with Crippen molar-refractivity contribution in [1.82, 2.24) is 20.0 Å². The van der Waals surface area contributed by atoms with Gasteiger partial charge >= 0.3 is 0 Å². The number of amides is 1. The van der Waals surface area contributed by atoms with E-state index in [0.717, 1.165) is 51.9 Å². The van der Waals surface area contributed by atoms with Crippen molar-refractivity contribution < 1.29 is 9.90 Å². The lowest BCUT2D eigenvalue weighted by atomic mass is 9.72. The Morgan fingerprint density at radius 1 is 1.50 bits per heavy atom. The Balaban J connectivity index is 1.51. The first-order chi connectivity index (χ1) is 10.7. The van der Waals surface area contributed by atoms with E-state index in [-0.39, 0.29) is 17.4 Å². The Kier molecular flexibility index (Phi) is 4.78. The van der Waals surface area contributed by atoms with Gasteiger partial charge in [-0.25, -0.2) is 0 Å². The second-order valence-corrected chi connectivity index (χ2v) is 6.64. The number of aliphatic hydroxyl groups excluding tert-OH is 1. The van der Waals surface area contributed by atoms with Gasteiger partial charge in [-0.3, -0.25) is 9.48 Å². The molecule has 1 spiro atoms. The van der Waals surface area contributed by atoms with Crippen molar-refractivity contribution in [2.75, 3.05) is 26.2 Å². The van der Waals surface area contributed by atoms with Gasteiger partial charge in [0.05, 0.1) is 6.10 Å². The molecule has 6 heteroatoms. The third kappa shape index (κ3) is 3.33. The van der Waals surface area contributed by atoms with Gasteiger partial charge in [0.15, 0.2) is 0 Å². The SMILES string of the molecule is O=C(CCCn1cccn1)N1CCC[C@]2(CNCC[C@@H]2O)C1. The van der Waals surface area contributed by atoms with E-state index < -0.39 is 0 Å². The van der Waals surface area contributed by atoms with Crippen molar-refractivity contribution in [2.45, 2.75) is 44.8 Å². The smallest absolute Gasteiger partial charge is 0.222 e. The minimum absolute atomic E-state index is 0.131. The molecule has 0 bridgehead atoms. The van der Waals surface area contributed by atoms with Crippen molar-refractivity contribution in [3.63, 3.8) is 0 Å². The van der Waals surface area contributed by atoms with Gasteiger partial charge in [-0.2, -0.15) is 5.10 Å². The van der Waals surface area contributed by atoms with Crippen molar-refractivity contribution in [3.05, 3.63) is 18.5 Å². The molecule has 2 aliphatic rings. The summed E-state index contributed by atoms with van der Waals surface area (Å²) in [5, 5.41) is 17.9. The molecule has 22 heavy (non-hydrogen) atoms. The molecule has 0 radical (unpaired) electrons. The Labute approximate surface area is 131 Å². The molecule has 3 rings (SSSR count). The zero-order chi connectivity index (χ0) is 15.4. The van der Waals surface area contributed by atoms with Crippen molar-refractivity contribution >= 4 is 5.91 Å². The Morgan fingerprint density at radius 2 is 2.41 bits per heavy atom. The molecule has 122 valence electrons. The van der Waals surface area contributed by atoms with Gasteiger partial charge in [0.25, 0.3) is 0 Å². The first kappa shape index (κ1) is 15.5.